The molecule has 5 aliphatic rings. The number of Topliss-reactive ketones (excluding diaryl/α,β-unsaturated/α-hetero) is 1. The minimum atomic E-state index is -0.165. The lowest BCUT2D eigenvalue weighted by Gasteiger charge is -2.72. The molecule has 5 fully saturated rings. The maximum atomic E-state index is 12.9. The predicted octanol–water partition coefficient (Wildman–Crippen LogP) is 7.21. The zero-order valence-corrected chi connectivity index (χ0v) is 21.7. The lowest BCUT2D eigenvalue weighted by Crippen LogP contribution is -2.66. The van der Waals surface area contributed by atoms with Crippen molar-refractivity contribution in [2.75, 3.05) is 6.61 Å². The summed E-state index contributed by atoms with van der Waals surface area (Å²) in [5, 5.41) is 10.6. The SMILES string of the molecule is C=C(C)C1CCC2(CO)CC[C@]3(C)C(CC[C@@H]4[C@@]5(C)CCC(=O)C(C)(C)[C@@H]5CC[C@]43C)[C@@H]12. The van der Waals surface area contributed by atoms with Gasteiger partial charge in [-0.1, -0.05) is 46.8 Å². The molecule has 0 aromatic carbocycles. The van der Waals surface area contributed by atoms with E-state index in [4.69, 9.17) is 0 Å². The second-order valence-corrected chi connectivity index (χ2v) is 14.4. The summed E-state index contributed by atoms with van der Waals surface area (Å²) < 4.78 is 0. The van der Waals surface area contributed by atoms with Gasteiger partial charge in [-0.15, -0.1) is 0 Å². The highest BCUT2D eigenvalue weighted by Crippen LogP contribution is 2.77. The topological polar surface area (TPSA) is 37.3 Å². The molecule has 1 N–H and O–H groups in total. The molecule has 0 bridgehead atoms. The van der Waals surface area contributed by atoms with Crippen molar-refractivity contribution in [2.24, 2.45) is 56.7 Å². The molecule has 0 aromatic rings. The van der Waals surface area contributed by atoms with Crippen LogP contribution in [0.3, 0.4) is 0 Å². The number of carbonyl (C=O) groups excluding carboxylic acids is 1. The molecule has 32 heavy (non-hydrogen) atoms. The van der Waals surface area contributed by atoms with Crippen LogP contribution in [-0.2, 0) is 4.79 Å². The molecule has 5 saturated carbocycles. The van der Waals surface area contributed by atoms with Gasteiger partial charge < -0.3 is 5.11 Å². The van der Waals surface area contributed by atoms with Gasteiger partial charge in [-0.3, -0.25) is 4.79 Å². The van der Waals surface area contributed by atoms with Crippen molar-refractivity contribution in [3.8, 4) is 0 Å². The number of rotatable bonds is 2. The average molecular weight is 441 g/mol. The molecule has 0 aliphatic heterocycles. The minimum Gasteiger partial charge on any atom is -0.396 e. The molecule has 0 radical (unpaired) electrons. The lowest BCUT2D eigenvalue weighted by molar-refractivity contribution is -0.236. The predicted molar refractivity (Wildman–Crippen MR) is 131 cm³/mol. The van der Waals surface area contributed by atoms with Crippen molar-refractivity contribution in [3.63, 3.8) is 0 Å². The number of hydrogen-bond acceptors (Lipinski definition) is 2. The van der Waals surface area contributed by atoms with Gasteiger partial charge in [0.05, 0.1) is 0 Å². The Hall–Kier alpha value is -0.630. The molecular formula is C30H48O2. The average Bonchev–Trinajstić information content (AvgIpc) is 3.12. The molecule has 2 heteroatoms. The zero-order valence-electron chi connectivity index (χ0n) is 21.7. The van der Waals surface area contributed by atoms with E-state index in [0.717, 1.165) is 12.8 Å². The normalized spacial score (nSPS) is 54.2. The minimum absolute atomic E-state index is 0.136. The number of fused-ring (bicyclic) bond motifs is 7. The van der Waals surface area contributed by atoms with Crippen LogP contribution in [0.25, 0.3) is 0 Å². The van der Waals surface area contributed by atoms with E-state index >= 15 is 0 Å². The number of aliphatic hydroxyl groups is 1. The first kappa shape index (κ1) is 23.1. The third kappa shape index (κ3) is 2.60. The lowest BCUT2D eigenvalue weighted by atomic mass is 9.32. The molecule has 0 spiro atoms. The van der Waals surface area contributed by atoms with Crippen LogP contribution in [0.5, 0.6) is 0 Å². The first-order valence-electron chi connectivity index (χ1n) is 13.7. The first-order chi connectivity index (χ1) is 14.9. The number of carbonyl (C=O) groups is 1. The summed E-state index contributed by atoms with van der Waals surface area (Å²) >= 11 is 0. The fourth-order valence-corrected chi connectivity index (χ4v) is 11.4. The van der Waals surface area contributed by atoms with E-state index in [1.807, 2.05) is 0 Å². The molecule has 0 amide bonds. The highest BCUT2D eigenvalue weighted by molar-refractivity contribution is 5.85. The van der Waals surface area contributed by atoms with Crippen LogP contribution >= 0.6 is 0 Å². The van der Waals surface area contributed by atoms with Crippen LogP contribution in [0.1, 0.15) is 106 Å². The van der Waals surface area contributed by atoms with Crippen molar-refractivity contribution in [1.29, 1.82) is 0 Å². The third-order valence-electron chi connectivity index (χ3n) is 13.3. The zero-order chi connectivity index (χ0) is 23.3. The van der Waals surface area contributed by atoms with Gasteiger partial charge in [0.1, 0.15) is 5.78 Å². The molecule has 0 aromatic heterocycles. The van der Waals surface area contributed by atoms with Crippen molar-refractivity contribution in [1.82, 2.24) is 0 Å². The van der Waals surface area contributed by atoms with Crippen LogP contribution < -0.4 is 0 Å². The summed E-state index contributed by atoms with van der Waals surface area (Å²) in [6, 6.07) is 0. The molecular weight excluding hydrogens is 392 g/mol. The van der Waals surface area contributed by atoms with Gasteiger partial charge in [0.25, 0.3) is 0 Å². The quantitative estimate of drug-likeness (QED) is 0.461. The Kier molecular flexibility index (Phi) is 5.03. The van der Waals surface area contributed by atoms with E-state index in [1.54, 1.807) is 0 Å². The third-order valence-corrected chi connectivity index (χ3v) is 13.3. The number of allylic oxidation sites excluding steroid dienone is 1. The molecule has 0 saturated heterocycles. The van der Waals surface area contributed by atoms with Crippen molar-refractivity contribution >= 4 is 5.78 Å². The van der Waals surface area contributed by atoms with Gasteiger partial charge in [-0.2, -0.15) is 0 Å². The molecule has 5 aliphatic carbocycles. The number of hydrogen-bond donors (Lipinski definition) is 1. The largest absolute Gasteiger partial charge is 0.396 e. The van der Waals surface area contributed by atoms with Gasteiger partial charge in [0.2, 0.25) is 0 Å². The fourth-order valence-electron chi connectivity index (χ4n) is 11.4. The maximum absolute atomic E-state index is 12.9. The molecule has 180 valence electrons. The molecule has 0 heterocycles. The van der Waals surface area contributed by atoms with E-state index in [1.165, 1.54) is 56.9 Å². The Morgan fingerprint density at radius 1 is 0.906 bits per heavy atom. The Labute approximate surface area is 197 Å². The molecule has 3 unspecified atom stereocenters. The summed E-state index contributed by atoms with van der Waals surface area (Å²) in [6.45, 7) is 19.4. The summed E-state index contributed by atoms with van der Waals surface area (Å²) in [5.74, 6) is 3.65. The summed E-state index contributed by atoms with van der Waals surface area (Å²) in [7, 11) is 0. The summed E-state index contributed by atoms with van der Waals surface area (Å²) in [6.07, 6.45) is 11.9. The number of aliphatic hydroxyl groups excluding tert-OH is 1. The van der Waals surface area contributed by atoms with Crippen LogP contribution in [0, 0.1) is 56.7 Å². The molecule has 9 atom stereocenters. The Bertz CT molecular complexity index is 827. The summed E-state index contributed by atoms with van der Waals surface area (Å²) in [5.41, 5.74) is 2.27. The summed E-state index contributed by atoms with van der Waals surface area (Å²) in [4.78, 5) is 12.9. The molecule has 2 nitrogen and oxygen atoms in total. The van der Waals surface area contributed by atoms with E-state index in [9.17, 15) is 9.90 Å². The van der Waals surface area contributed by atoms with E-state index < -0.39 is 0 Å². The van der Waals surface area contributed by atoms with Gasteiger partial charge in [-0.05, 0) is 116 Å². The van der Waals surface area contributed by atoms with E-state index in [0.29, 0.717) is 52.8 Å². The van der Waals surface area contributed by atoms with Gasteiger partial charge in [0.15, 0.2) is 0 Å². The van der Waals surface area contributed by atoms with Crippen LogP contribution in [0.15, 0.2) is 12.2 Å². The van der Waals surface area contributed by atoms with Crippen molar-refractivity contribution < 1.29 is 9.90 Å². The highest BCUT2D eigenvalue weighted by atomic mass is 16.3. The van der Waals surface area contributed by atoms with Crippen LogP contribution in [-0.4, -0.2) is 17.5 Å². The fraction of sp³-hybridized carbons (Fsp3) is 0.900. The number of ketones is 1. The van der Waals surface area contributed by atoms with Crippen molar-refractivity contribution in [2.45, 2.75) is 106 Å². The monoisotopic (exact) mass is 440 g/mol. The van der Waals surface area contributed by atoms with Gasteiger partial charge in [-0.25, -0.2) is 0 Å². The standard InChI is InChI=1S/C30H48O2/c1-19(2)20-10-15-30(18-31)17-16-28(6)21(25(20)30)8-9-23-27(5)13-12-24(32)26(3,4)22(27)11-14-29(23,28)7/h20-23,25,31H,1,8-18H2,2-7H3/t20?,21?,22-,23+,25+,27-,28+,29+,30?/m0/s1. The second-order valence-electron chi connectivity index (χ2n) is 14.4. The molecule has 5 rings (SSSR count). The Morgan fingerprint density at radius 2 is 1.62 bits per heavy atom. The van der Waals surface area contributed by atoms with Crippen molar-refractivity contribution in [3.05, 3.63) is 12.2 Å². The van der Waals surface area contributed by atoms with E-state index in [-0.39, 0.29) is 16.2 Å². The van der Waals surface area contributed by atoms with Crippen LogP contribution in [0.4, 0.5) is 0 Å². The van der Waals surface area contributed by atoms with E-state index in [2.05, 4.69) is 48.1 Å². The highest BCUT2D eigenvalue weighted by Gasteiger charge is 2.70. The second kappa shape index (κ2) is 6.96. The Morgan fingerprint density at radius 3 is 2.28 bits per heavy atom. The van der Waals surface area contributed by atoms with Gasteiger partial charge >= 0.3 is 0 Å². The first-order valence-corrected chi connectivity index (χ1v) is 13.7. The van der Waals surface area contributed by atoms with Gasteiger partial charge in [0, 0.05) is 18.4 Å². The Balaban J connectivity index is 1.56. The van der Waals surface area contributed by atoms with Crippen LogP contribution in [0.2, 0.25) is 0 Å². The maximum Gasteiger partial charge on any atom is 0.138 e. The smallest absolute Gasteiger partial charge is 0.138 e.